The van der Waals surface area contributed by atoms with Gasteiger partial charge in [-0.15, -0.1) is 0 Å². The molecule has 0 radical (unpaired) electrons. The van der Waals surface area contributed by atoms with E-state index in [4.69, 9.17) is 9.05 Å². The van der Waals surface area contributed by atoms with Crippen LogP contribution in [0.2, 0.25) is 0 Å². The number of nitrogens with one attached hydrogen (secondary N) is 1. The molecule has 2 N–H and O–H groups in total. The summed E-state index contributed by atoms with van der Waals surface area (Å²) in [7, 11) is 1.19. The van der Waals surface area contributed by atoms with Crippen LogP contribution in [0.25, 0.3) is 0 Å². The van der Waals surface area contributed by atoms with Gasteiger partial charge in [0.2, 0.25) is 5.91 Å². The molecule has 0 aromatic rings. The highest BCUT2D eigenvalue weighted by Crippen LogP contribution is 2.38. The molecule has 8 nitrogen and oxygen atoms in total. The maximum absolute atomic E-state index is 13.0. The van der Waals surface area contributed by atoms with Gasteiger partial charge in [-0.25, -0.2) is 0 Å². The first kappa shape index (κ1) is 74.6. The summed E-state index contributed by atoms with van der Waals surface area (Å²) in [6.45, 7) is 4.47. The zero-order chi connectivity index (χ0) is 57.0. The highest BCUT2D eigenvalue weighted by molar-refractivity contribution is 7.45. The third-order valence-electron chi connectivity index (χ3n) is 13.3. The summed E-state index contributed by atoms with van der Waals surface area (Å²) in [5, 5.41) is 13.9. The number of phosphoric ester groups is 1. The van der Waals surface area contributed by atoms with Gasteiger partial charge in [-0.2, -0.15) is 0 Å². The summed E-state index contributed by atoms with van der Waals surface area (Å²) in [6.07, 6.45) is 88.5. The van der Waals surface area contributed by atoms with Crippen molar-refractivity contribution in [1.29, 1.82) is 0 Å². The van der Waals surface area contributed by atoms with Crippen molar-refractivity contribution in [3.8, 4) is 0 Å². The van der Waals surface area contributed by atoms with Crippen LogP contribution in [0.4, 0.5) is 0 Å². The number of allylic oxidation sites excluding steroid dienone is 21. The first-order valence-electron chi connectivity index (χ1n) is 31.5. The first-order valence-corrected chi connectivity index (χ1v) is 33.0. The number of unbranched alkanes of at least 4 members (excludes halogenated alkanes) is 23. The molecule has 3 atom stereocenters. The molecule has 0 spiro atoms. The molecule has 0 rings (SSSR count). The second-order valence-electron chi connectivity index (χ2n) is 22.0. The zero-order valence-electron chi connectivity index (χ0n) is 50.8. The van der Waals surface area contributed by atoms with Crippen LogP contribution in [0.3, 0.4) is 0 Å². The van der Waals surface area contributed by atoms with Crippen molar-refractivity contribution in [3.05, 3.63) is 134 Å². The fourth-order valence-electron chi connectivity index (χ4n) is 8.47. The molecule has 0 saturated heterocycles. The number of aliphatic hydroxyl groups is 1. The Balaban J connectivity index is 4.35. The van der Waals surface area contributed by atoms with Crippen LogP contribution in [0.15, 0.2) is 134 Å². The van der Waals surface area contributed by atoms with Crippen LogP contribution in [-0.4, -0.2) is 68.5 Å². The molecular formula is C69H119N2O6P. The van der Waals surface area contributed by atoms with E-state index in [2.05, 4.69) is 141 Å². The number of phosphoric acid groups is 1. The van der Waals surface area contributed by atoms with E-state index in [9.17, 15) is 19.4 Å². The minimum Gasteiger partial charge on any atom is -0.756 e. The SMILES string of the molecule is CC/C=C\C/C=C\C/C=C\C/C=C\C/C=C\C/C=C\C/C=C\C/C=C\C/C=C\CCCC(=O)NC(COP(=O)([O-])OCC[N+](C)(C)C)C(O)/C=C/CC/C=C/CCCCCCCCCCCCCCCCCCCCCCC. The van der Waals surface area contributed by atoms with E-state index in [0.717, 1.165) is 83.5 Å². The lowest BCUT2D eigenvalue weighted by Gasteiger charge is -2.29. The van der Waals surface area contributed by atoms with Gasteiger partial charge in [0.05, 0.1) is 39.9 Å². The van der Waals surface area contributed by atoms with Crippen LogP contribution < -0.4 is 10.2 Å². The standard InChI is InChI=1S/C69H119N2O6P/c1-6-8-10-12-14-16-18-20-22-24-26-28-30-32-34-35-37-39-41-43-45-47-49-51-53-55-57-59-61-63-69(73)70-67(66-77-78(74,75)76-65-64-71(3,4)5)68(72)62-60-58-56-54-52-50-48-46-44-42-40-38-36-33-31-29-27-25-23-21-19-17-15-13-11-9-7-2/h8,10,14,16,20,22,26,28,32,34,37,39,43,45,49,51-52,54-55,57,60,62,67-68,72H,6-7,9,11-13,15,17-19,21,23-25,27,29-31,33,35-36,38,40-42,44,46-48,50,53,56,58-59,61,63-66H2,1-5H3,(H-,70,73,74,75)/b10-8-,16-14-,22-20-,28-26-,34-32-,39-37-,45-43-,51-49-,54-52+,57-55-,62-60+. The maximum Gasteiger partial charge on any atom is 0.268 e. The van der Waals surface area contributed by atoms with E-state index in [1.807, 2.05) is 27.2 Å². The molecular weight excluding hydrogens is 984 g/mol. The number of aliphatic hydroxyl groups excluding tert-OH is 1. The molecule has 0 bridgehead atoms. The van der Waals surface area contributed by atoms with Crippen LogP contribution in [0, 0.1) is 0 Å². The predicted molar refractivity (Wildman–Crippen MR) is 338 cm³/mol. The normalized spacial score (nSPS) is 14.7. The molecule has 0 fully saturated rings. The second-order valence-corrected chi connectivity index (χ2v) is 23.4. The van der Waals surface area contributed by atoms with E-state index < -0.39 is 26.6 Å². The van der Waals surface area contributed by atoms with E-state index in [-0.39, 0.29) is 18.9 Å². The summed E-state index contributed by atoms with van der Waals surface area (Å²) in [5.74, 6) is -0.269. The van der Waals surface area contributed by atoms with Crippen molar-refractivity contribution >= 4 is 13.7 Å². The lowest BCUT2D eigenvalue weighted by atomic mass is 10.0. The van der Waals surface area contributed by atoms with Crippen molar-refractivity contribution in [2.75, 3.05) is 40.9 Å². The third kappa shape index (κ3) is 60.3. The van der Waals surface area contributed by atoms with Gasteiger partial charge in [0.15, 0.2) is 0 Å². The Bertz CT molecular complexity index is 1730. The number of rotatable bonds is 56. The van der Waals surface area contributed by atoms with Gasteiger partial charge in [0.25, 0.3) is 7.82 Å². The fourth-order valence-corrected chi connectivity index (χ4v) is 9.19. The predicted octanol–water partition coefficient (Wildman–Crippen LogP) is 19.2. The van der Waals surface area contributed by atoms with E-state index in [1.165, 1.54) is 135 Å². The van der Waals surface area contributed by atoms with Crippen LogP contribution in [0.5, 0.6) is 0 Å². The molecule has 0 aromatic heterocycles. The van der Waals surface area contributed by atoms with E-state index in [0.29, 0.717) is 17.4 Å². The number of carbonyl (C=O) groups is 1. The quantitative estimate of drug-likeness (QED) is 0.0272. The van der Waals surface area contributed by atoms with Gasteiger partial charge >= 0.3 is 0 Å². The van der Waals surface area contributed by atoms with Crippen molar-refractivity contribution in [3.63, 3.8) is 0 Å². The Morgan fingerprint density at radius 3 is 1.19 bits per heavy atom. The smallest absolute Gasteiger partial charge is 0.268 e. The molecule has 446 valence electrons. The molecule has 0 aliphatic rings. The van der Waals surface area contributed by atoms with E-state index >= 15 is 0 Å². The first-order chi connectivity index (χ1) is 38.0. The third-order valence-corrected chi connectivity index (χ3v) is 14.3. The molecule has 0 aliphatic heterocycles. The summed E-state index contributed by atoms with van der Waals surface area (Å²) >= 11 is 0. The molecule has 9 heteroatoms. The van der Waals surface area contributed by atoms with Crippen molar-refractivity contribution in [1.82, 2.24) is 5.32 Å². The number of nitrogens with zero attached hydrogens (tertiary/aromatic N) is 1. The molecule has 0 aliphatic carbocycles. The van der Waals surface area contributed by atoms with Gasteiger partial charge in [-0.3, -0.25) is 9.36 Å². The van der Waals surface area contributed by atoms with Crippen molar-refractivity contribution in [2.45, 2.75) is 257 Å². The topological polar surface area (TPSA) is 108 Å². The lowest BCUT2D eigenvalue weighted by Crippen LogP contribution is -2.45. The summed E-state index contributed by atoms with van der Waals surface area (Å²) < 4.78 is 23.3. The van der Waals surface area contributed by atoms with Crippen molar-refractivity contribution in [2.24, 2.45) is 0 Å². The Morgan fingerprint density at radius 1 is 0.462 bits per heavy atom. The minimum atomic E-state index is -4.64. The number of amides is 1. The van der Waals surface area contributed by atoms with Crippen molar-refractivity contribution < 1.29 is 32.9 Å². The Labute approximate surface area is 481 Å². The maximum atomic E-state index is 13.0. The molecule has 0 saturated carbocycles. The second kappa shape index (κ2) is 58.3. The van der Waals surface area contributed by atoms with Gasteiger partial charge in [-0.1, -0.05) is 276 Å². The Morgan fingerprint density at radius 2 is 0.795 bits per heavy atom. The average Bonchev–Trinajstić information content (AvgIpc) is 3.41. The molecule has 0 aromatic carbocycles. The zero-order valence-corrected chi connectivity index (χ0v) is 51.7. The highest BCUT2D eigenvalue weighted by atomic mass is 31.2. The number of likely N-dealkylation sites (N-methyl/N-ethyl adjacent to an activating group) is 1. The average molecular weight is 1100 g/mol. The highest BCUT2D eigenvalue weighted by Gasteiger charge is 2.23. The summed E-state index contributed by atoms with van der Waals surface area (Å²) in [6, 6.07) is -0.946. The number of quaternary nitrogens is 1. The fraction of sp³-hybridized carbons (Fsp3) is 0.667. The monoisotopic (exact) mass is 1100 g/mol. The molecule has 3 unspecified atom stereocenters. The number of hydrogen-bond donors (Lipinski definition) is 2. The molecule has 0 heterocycles. The molecule has 1 amide bonds. The largest absolute Gasteiger partial charge is 0.756 e. The Kier molecular flexibility index (Phi) is 55.8. The van der Waals surface area contributed by atoms with Gasteiger partial charge in [0, 0.05) is 6.42 Å². The van der Waals surface area contributed by atoms with Crippen LogP contribution >= 0.6 is 7.82 Å². The van der Waals surface area contributed by atoms with E-state index in [1.54, 1.807) is 6.08 Å². The van der Waals surface area contributed by atoms with Gasteiger partial charge in [0.1, 0.15) is 13.2 Å². The Hall–Kier alpha value is -3.36. The van der Waals surface area contributed by atoms with Crippen LogP contribution in [-0.2, 0) is 18.4 Å². The molecule has 78 heavy (non-hydrogen) atoms. The lowest BCUT2D eigenvalue weighted by molar-refractivity contribution is -0.870. The van der Waals surface area contributed by atoms with Crippen LogP contribution in [0.1, 0.15) is 245 Å². The number of carbonyl (C=O) groups excluding carboxylic acids is 1. The van der Waals surface area contributed by atoms with Gasteiger partial charge in [-0.05, 0) is 96.3 Å². The number of hydrogen-bond acceptors (Lipinski definition) is 6. The van der Waals surface area contributed by atoms with Gasteiger partial charge < -0.3 is 28.8 Å². The summed E-state index contributed by atoms with van der Waals surface area (Å²) in [5.41, 5.74) is 0. The summed E-state index contributed by atoms with van der Waals surface area (Å²) in [4.78, 5) is 25.5. The minimum absolute atomic E-state index is 0.0248.